The number of urea groups is 1. The molecule has 1 fully saturated rings. The second-order valence-corrected chi connectivity index (χ2v) is 7.50. The van der Waals surface area contributed by atoms with Gasteiger partial charge in [0.2, 0.25) is 0 Å². The van der Waals surface area contributed by atoms with E-state index in [1.807, 2.05) is 54.6 Å². The first-order valence-corrected chi connectivity index (χ1v) is 10.5. The Kier molecular flexibility index (Phi) is 6.02. The molecular formula is C24H26N2O4. The molecule has 0 radical (unpaired) electrons. The van der Waals surface area contributed by atoms with Crippen molar-refractivity contribution in [3.8, 4) is 5.75 Å². The standard InChI is InChI=1S/C24H26N2O4/c1-2-29-23(27)20-21(16-8-4-3-5-9-16)25-24(28)26-22(20)17-12-14-19(15-13-17)30-18-10-6-7-11-18/h3-5,8-9,12-15,18,22H,2,6-7,10-11H2,1H3,(H2,25,26,28). The SMILES string of the molecule is CCOC(=O)C1=C(c2ccccc2)NC(=O)NC1c1ccc(OC2CCCC2)cc1. The highest BCUT2D eigenvalue weighted by Gasteiger charge is 2.34. The lowest BCUT2D eigenvalue weighted by Crippen LogP contribution is -2.45. The molecule has 1 saturated carbocycles. The van der Waals surface area contributed by atoms with E-state index < -0.39 is 12.0 Å². The minimum absolute atomic E-state index is 0.249. The van der Waals surface area contributed by atoms with Gasteiger partial charge in [-0.2, -0.15) is 0 Å². The lowest BCUT2D eigenvalue weighted by molar-refractivity contribution is -0.138. The van der Waals surface area contributed by atoms with E-state index in [1.165, 1.54) is 12.8 Å². The van der Waals surface area contributed by atoms with Gasteiger partial charge in [-0.25, -0.2) is 9.59 Å². The first kappa shape index (κ1) is 20.0. The molecule has 1 unspecified atom stereocenters. The summed E-state index contributed by atoms with van der Waals surface area (Å²) in [5, 5.41) is 5.65. The van der Waals surface area contributed by atoms with Crippen molar-refractivity contribution in [3.63, 3.8) is 0 Å². The van der Waals surface area contributed by atoms with Crippen molar-refractivity contribution < 1.29 is 19.1 Å². The van der Waals surface area contributed by atoms with Gasteiger partial charge in [0.15, 0.2) is 0 Å². The van der Waals surface area contributed by atoms with Crippen LogP contribution in [0.15, 0.2) is 60.2 Å². The van der Waals surface area contributed by atoms with Crippen LogP contribution in [0.1, 0.15) is 49.8 Å². The number of carbonyl (C=O) groups is 2. The molecule has 2 amide bonds. The van der Waals surface area contributed by atoms with Crippen LogP contribution in [0.4, 0.5) is 4.79 Å². The zero-order valence-corrected chi connectivity index (χ0v) is 17.0. The zero-order valence-electron chi connectivity index (χ0n) is 17.0. The van der Waals surface area contributed by atoms with E-state index in [0.717, 1.165) is 29.7 Å². The molecule has 2 aromatic carbocycles. The first-order chi connectivity index (χ1) is 14.7. The second kappa shape index (κ2) is 9.03. The Morgan fingerprint density at radius 3 is 2.40 bits per heavy atom. The molecule has 6 nitrogen and oxygen atoms in total. The lowest BCUT2D eigenvalue weighted by atomic mass is 9.92. The largest absolute Gasteiger partial charge is 0.490 e. The minimum atomic E-state index is -0.617. The Morgan fingerprint density at radius 2 is 1.73 bits per heavy atom. The Bertz CT molecular complexity index is 931. The van der Waals surface area contributed by atoms with Crippen molar-refractivity contribution in [2.45, 2.75) is 44.8 Å². The summed E-state index contributed by atoms with van der Waals surface area (Å²) in [5.74, 6) is 0.344. The van der Waals surface area contributed by atoms with Crippen LogP contribution in [0.2, 0.25) is 0 Å². The van der Waals surface area contributed by atoms with Gasteiger partial charge in [0, 0.05) is 0 Å². The summed E-state index contributed by atoms with van der Waals surface area (Å²) in [6, 6.07) is 15.9. The van der Waals surface area contributed by atoms with E-state index in [2.05, 4.69) is 10.6 Å². The van der Waals surface area contributed by atoms with E-state index in [4.69, 9.17) is 9.47 Å². The lowest BCUT2D eigenvalue weighted by Gasteiger charge is -2.29. The number of ether oxygens (including phenoxy) is 2. The second-order valence-electron chi connectivity index (χ2n) is 7.50. The Morgan fingerprint density at radius 1 is 1.03 bits per heavy atom. The number of carbonyl (C=O) groups excluding carboxylic acids is 2. The molecular weight excluding hydrogens is 380 g/mol. The van der Waals surface area contributed by atoms with E-state index in [9.17, 15) is 9.59 Å². The van der Waals surface area contributed by atoms with Crippen molar-refractivity contribution in [1.82, 2.24) is 10.6 Å². The molecule has 2 N–H and O–H groups in total. The van der Waals surface area contributed by atoms with Gasteiger partial charge in [-0.05, 0) is 55.9 Å². The maximum atomic E-state index is 12.9. The van der Waals surface area contributed by atoms with Crippen LogP contribution < -0.4 is 15.4 Å². The monoisotopic (exact) mass is 406 g/mol. The van der Waals surface area contributed by atoms with Gasteiger partial charge in [0.1, 0.15) is 5.75 Å². The van der Waals surface area contributed by atoms with Crippen molar-refractivity contribution in [3.05, 3.63) is 71.3 Å². The number of esters is 1. The van der Waals surface area contributed by atoms with Crippen molar-refractivity contribution >= 4 is 17.7 Å². The number of benzene rings is 2. The van der Waals surface area contributed by atoms with Gasteiger partial charge < -0.3 is 20.1 Å². The summed E-state index contributed by atoms with van der Waals surface area (Å²) in [7, 11) is 0. The normalized spacial score (nSPS) is 19.2. The molecule has 0 spiro atoms. The topological polar surface area (TPSA) is 76.7 Å². The highest BCUT2D eigenvalue weighted by molar-refractivity contribution is 6.04. The number of hydrogen-bond donors (Lipinski definition) is 2. The number of rotatable bonds is 6. The Balaban J connectivity index is 1.69. The predicted octanol–water partition coefficient (Wildman–Crippen LogP) is 4.34. The molecule has 1 aliphatic carbocycles. The fraction of sp³-hybridized carbons (Fsp3) is 0.333. The van der Waals surface area contributed by atoms with Gasteiger partial charge in [-0.3, -0.25) is 0 Å². The molecule has 1 atom stereocenters. The highest BCUT2D eigenvalue weighted by Crippen LogP contribution is 2.33. The Hall–Kier alpha value is -3.28. The molecule has 156 valence electrons. The number of amides is 2. The summed E-state index contributed by atoms with van der Waals surface area (Å²) in [6.07, 6.45) is 4.86. The Labute approximate surface area is 176 Å². The summed E-state index contributed by atoms with van der Waals surface area (Å²) >= 11 is 0. The van der Waals surface area contributed by atoms with Gasteiger partial charge in [-0.1, -0.05) is 42.5 Å². The van der Waals surface area contributed by atoms with Gasteiger partial charge in [0.25, 0.3) is 0 Å². The molecule has 2 aliphatic rings. The fourth-order valence-electron chi connectivity index (χ4n) is 4.01. The van der Waals surface area contributed by atoms with Crippen LogP contribution in [0.25, 0.3) is 5.70 Å². The third-order valence-corrected chi connectivity index (χ3v) is 5.45. The molecule has 2 aromatic rings. The van der Waals surface area contributed by atoms with Gasteiger partial charge in [-0.15, -0.1) is 0 Å². The summed E-state index contributed by atoms with van der Waals surface area (Å²) in [6.45, 7) is 2.01. The summed E-state index contributed by atoms with van der Waals surface area (Å²) in [4.78, 5) is 25.3. The molecule has 6 heteroatoms. The van der Waals surface area contributed by atoms with Crippen LogP contribution in [-0.4, -0.2) is 24.7 Å². The van der Waals surface area contributed by atoms with Crippen molar-refractivity contribution in [2.24, 2.45) is 0 Å². The molecule has 30 heavy (non-hydrogen) atoms. The third-order valence-electron chi connectivity index (χ3n) is 5.45. The predicted molar refractivity (Wildman–Crippen MR) is 114 cm³/mol. The van der Waals surface area contributed by atoms with E-state index in [0.29, 0.717) is 11.3 Å². The molecule has 1 aliphatic heterocycles. The van der Waals surface area contributed by atoms with Gasteiger partial charge in [0.05, 0.1) is 30.0 Å². The molecule has 0 saturated heterocycles. The average Bonchev–Trinajstić information content (AvgIpc) is 3.27. The van der Waals surface area contributed by atoms with Crippen LogP contribution in [-0.2, 0) is 9.53 Å². The maximum Gasteiger partial charge on any atom is 0.338 e. The maximum absolute atomic E-state index is 12.9. The molecule has 0 bridgehead atoms. The van der Waals surface area contributed by atoms with Crippen LogP contribution in [0.5, 0.6) is 5.75 Å². The smallest absolute Gasteiger partial charge is 0.338 e. The highest BCUT2D eigenvalue weighted by atomic mass is 16.5. The third kappa shape index (κ3) is 4.32. The fourth-order valence-corrected chi connectivity index (χ4v) is 4.01. The zero-order chi connectivity index (χ0) is 20.9. The molecule has 1 heterocycles. The van der Waals surface area contributed by atoms with E-state index >= 15 is 0 Å². The van der Waals surface area contributed by atoms with Crippen molar-refractivity contribution in [2.75, 3.05) is 6.61 Å². The number of hydrogen-bond acceptors (Lipinski definition) is 4. The molecule has 4 rings (SSSR count). The number of nitrogens with one attached hydrogen (secondary N) is 2. The van der Waals surface area contributed by atoms with Crippen LogP contribution in [0, 0.1) is 0 Å². The molecule has 0 aromatic heterocycles. The van der Waals surface area contributed by atoms with Crippen LogP contribution in [0.3, 0.4) is 0 Å². The minimum Gasteiger partial charge on any atom is -0.490 e. The quantitative estimate of drug-likeness (QED) is 0.700. The van der Waals surface area contributed by atoms with Crippen LogP contribution >= 0.6 is 0 Å². The summed E-state index contributed by atoms with van der Waals surface area (Å²) in [5.41, 5.74) is 2.39. The van der Waals surface area contributed by atoms with E-state index in [1.54, 1.807) is 6.92 Å². The average molecular weight is 406 g/mol. The summed E-state index contributed by atoms with van der Waals surface area (Å²) < 4.78 is 11.4. The van der Waals surface area contributed by atoms with E-state index in [-0.39, 0.29) is 18.7 Å². The first-order valence-electron chi connectivity index (χ1n) is 10.5. The van der Waals surface area contributed by atoms with Crippen molar-refractivity contribution in [1.29, 1.82) is 0 Å². The van der Waals surface area contributed by atoms with Gasteiger partial charge >= 0.3 is 12.0 Å².